The Labute approximate surface area is 210 Å². The Kier molecular flexibility index (Phi) is 7.12. The van der Waals surface area contributed by atoms with Gasteiger partial charge in [0, 0.05) is 36.1 Å². The zero-order valence-electron chi connectivity index (χ0n) is 20.0. The van der Waals surface area contributed by atoms with Crippen LogP contribution in [0.1, 0.15) is 54.2 Å². The van der Waals surface area contributed by atoms with Crippen molar-refractivity contribution in [2.75, 3.05) is 0 Å². The number of aromatic amines is 1. The molecule has 0 bridgehead atoms. The normalized spacial score (nSPS) is 12.0. The summed E-state index contributed by atoms with van der Waals surface area (Å²) in [7, 11) is 0. The van der Waals surface area contributed by atoms with Gasteiger partial charge in [0.25, 0.3) is 0 Å². The van der Waals surface area contributed by atoms with Crippen LogP contribution in [-0.2, 0) is 4.79 Å². The first-order valence-electron chi connectivity index (χ1n) is 12.3. The van der Waals surface area contributed by atoms with Crippen LogP contribution in [-0.4, -0.2) is 31.6 Å². The van der Waals surface area contributed by atoms with Crippen molar-refractivity contribution in [2.24, 2.45) is 0 Å². The largest absolute Gasteiger partial charge is 0.341 e. The zero-order valence-corrected chi connectivity index (χ0v) is 20.0. The first-order chi connectivity index (χ1) is 17.7. The van der Waals surface area contributed by atoms with Gasteiger partial charge in [-0.3, -0.25) is 4.79 Å². The van der Waals surface area contributed by atoms with E-state index in [4.69, 9.17) is 0 Å². The number of pyridine rings is 1. The van der Waals surface area contributed by atoms with Crippen molar-refractivity contribution in [1.82, 2.24) is 19.5 Å². The number of benzene rings is 2. The molecule has 0 aliphatic rings. The zero-order chi connectivity index (χ0) is 24.7. The summed E-state index contributed by atoms with van der Waals surface area (Å²) in [4.78, 5) is 36.8. The molecule has 0 radical (unpaired) electrons. The number of rotatable bonds is 11. The highest BCUT2D eigenvalue weighted by atomic mass is 16.1. The van der Waals surface area contributed by atoms with Crippen LogP contribution in [0.5, 0.6) is 0 Å². The van der Waals surface area contributed by atoms with Gasteiger partial charge in [0.1, 0.15) is 17.9 Å². The van der Waals surface area contributed by atoms with Gasteiger partial charge in [-0.25, -0.2) is 9.97 Å². The average molecular weight is 477 g/mol. The second kappa shape index (κ2) is 11.0. The Morgan fingerprint density at radius 1 is 0.889 bits per heavy atom. The van der Waals surface area contributed by atoms with Gasteiger partial charge in [0.15, 0.2) is 5.78 Å². The summed E-state index contributed by atoms with van der Waals surface area (Å²) >= 11 is 0. The molecule has 1 N–H and O–H groups in total. The summed E-state index contributed by atoms with van der Waals surface area (Å²) in [6.45, 7) is 0. The fourth-order valence-corrected chi connectivity index (χ4v) is 4.54. The summed E-state index contributed by atoms with van der Waals surface area (Å²) in [6, 6.07) is 22.1. The SMILES string of the molecule is O=CCCCCCC(C(=O)c1ccc(-n2cccc2)nc1)c1ncc(-c2ccc3ccccc3c2)[nH]1. The van der Waals surface area contributed by atoms with Gasteiger partial charge < -0.3 is 14.3 Å². The summed E-state index contributed by atoms with van der Waals surface area (Å²) in [5.74, 6) is 1.01. The third-order valence-corrected chi connectivity index (χ3v) is 6.52. The number of fused-ring (bicyclic) bond motifs is 1. The van der Waals surface area contributed by atoms with Crippen LogP contribution < -0.4 is 0 Å². The Bertz CT molecular complexity index is 1450. The molecule has 0 saturated heterocycles. The maximum atomic E-state index is 13.6. The topological polar surface area (TPSA) is 80.6 Å². The molecule has 0 spiro atoms. The average Bonchev–Trinajstić information content (AvgIpc) is 3.63. The Morgan fingerprint density at radius 3 is 2.50 bits per heavy atom. The van der Waals surface area contributed by atoms with Crippen LogP contribution in [0.15, 0.2) is 91.5 Å². The number of hydrogen-bond acceptors (Lipinski definition) is 4. The molecule has 1 atom stereocenters. The molecule has 180 valence electrons. The van der Waals surface area contributed by atoms with E-state index in [2.05, 4.69) is 45.3 Å². The van der Waals surface area contributed by atoms with Crippen LogP contribution in [0, 0.1) is 0 Å². The molecule has 0 aliphatic carbocycles. The molecule has 0 saturated carbocycles. The van der Waals surface area contributed by atoms with Crippen LogP contribution >= 0.6 is 0 Å². The number of nitrogens with zero attached hydrogens (tertiary/aromatic N) is 3. The van der Waals surface area contributed by atoms with Gasteiger partial charge in [-0.15, -0.1) is 0 Å². The first kappa shape index (κ1) is 23.4. The predicted molar refractivity (Wildman–Crippen MR) is 141 cm³/mol. The molecule has 6 heteroatoms. The number of unbranched alkanes of at least 4 members (excludes halogenated alkanes) is 3. The molecule has 5 aromatic rings. The van der Waals surface area contributed by atoms with Gasteiger partial charge in [-0.05, 0) is 53.9 Å². The third-order valence-electron chi connectivity index (χ3n) is 6.52. The number of H-pyrrole nitrogens is 1. The number of aromatic nitrogens is 4. The maximum absolute atomic E-state index is 13.6. The molecular formula is C30H28N4O2. The smallest absolute Gasteiger partial charge is 0.174 e. The number of aldehydes is 1. The number of hydrogen-bond donors (Lipinski definition) is 1. The molecular weight excluding hydrogens is 448 g/mol. The Morgan fingerprint density at radius 2 is 1.72 bits per heavy atom. The van der Waals surface area contributed by atoms with E-state index >= 15 is 0 Å². The Balaban J connectivity index is 1.40. The van der Waals surface area contributed by atoms with Crippen LogP contribution in [0.4, 0.5) is 0 Å². The summed E-state index contributed by atoms with van der Waals surface area (Å²) in [6.07, 6.45) is 12.0. The van der Waals surface area contributed by atoms with Gasteiger partial charge in [-0.1, -0.05) is 49.2 Å². The lowest BCUT2D eigenvalue weighted by Crippen LogP contribution is -2.15. The van der Waals surface area contributed by atoms with E-state index in [0.717, 1.165) is 48.0 Å². The number of carbonyl (C=O) groups excluding carboxylic acids is 2. The fraction of sp³-hybridized carbons (Fsp3) is 0.200. The molecule has 3 aromatic heterocycles. The van der Waals surface area contributed by atoms with E-state index in [-0.39, 0.29) is 5.78 Å². The van der Waals surface area contributed by atoms with Crippen molar-refractivity contribution in [3.8, 4) is 17.1 Å². The highest BCUT2D eigenvalue weighted by Crippen LogP contribution is 2.29. The molecule has 5 rings (SSSR count). The highest BCUT2D eigenvalue weighted by Gasteiger charge is 2.25. The minimum atomic E-state index is -0.408. The summed E-state index contributed by atoms with van der Waals surface area (Å²) < 4.78 is 1.90. The van der Waals surface area contributed by atoms with E-state index < -0.39 is 5.92 Å². The van der Waals surface area contributed by atoms with Crippen molar-refractivity contribution < 1.29 is 9.59 Å². The number of nitrogens with one attached hydrogen (secondary N) is 1. The second-order valence-corrected chi connectivity index (χ2v) is 8.96. The second-order valence-electron chi connectivity index (χ2n) is 8.96. The molecule has 1 unspecified atom stereocenters. The molecule has 2 aromatic carbocycles. The van der Waals surface area contributed by atoms with Crippen LogP contribution in [0.3, 0.4) is 0 Å². The van der Waals surface area contributed by atoms with Gasteiger partial charge in [0.2, 0.25) is 0 Å². The lowest BCUT2D eigenvalue weighted by molar-refractivity contribution is -0.107. The third kappa shape index (κ3) is 5.18. The van der Waals surface area contributed by atoms with Gasteiger partial charge in [0.05, 0.1) is 17.8 Å². The Hall–Kier alpha value is -4.32. The minimum Gasteiger partial charge on any atom is -0.341 e. The predicted octanol–water partition coefficient (Wildman–Crippen LogP) is 6.53. The maximum Gasteiger partial charge on any atom is 0.174 e. The van der Waals surface area contributed by atoms with Crippen molar-refractivity contribution in [2.45, 2.75) is 38.0 Å². The van der Waals surface area contributed by atoms with E-state index in [0.29, 0.717) is 24.2 Å². The van der Waals surface area contributed by atoms with Crippen molar-refractivity contribution in [3.63, 3.8) is 0 Å². The number of carbonyl (C=O) groups is 2. The van der Waals surface area contributed by atoms with Crippen LogP contribution in [0.2, 0.25) is 0 Å². The molecule has 0 fully saturated rings. The van der Waals surface area contributed by atoms with E-state index in [1.54, 1.807) is 12.4 Å². The minimum absolute atomic E-state index is 0.00338. The lowest BCUT2D eigenvalue weighted by atomic mass is 9.92. The number of ketones is 1. The van der Waals surface area contributed by atoms with E-state index in [1.807, 2.05) is 53.4 Å². The quantitative estimate of drug-likeness (QED) is 0.133. The lowest BCUT2D eigenvalue weighted by Gasteiger charge is -2.14. The van der Waals surface area contributed by atoms with Crippen molar-refractivity contribution in [3.05, 3.63) is 103 Å². The van der Waals surface area contributed by atoms with Crippen molar-refractivity contribution in [1.29, 1.82) is 0 Å². The molecule has 3 heterocycles. The highest BCUT2D eigenvalue weighted by molar-refractivity contribution is 6.00. The molecule has 36 heavy (non-hydrogen) atoms. The first-order valence-corrected chi connectivity index (χ1v) is 12.3. The van der Waals surface area contributed by atoms with Gasteiger partial charge in [-0.2, -0.15) is 0 Å². The molecule has 0 aliphatic heterocycles. The van der Waals surface area contributed by atoms with Gasteiger partial charge >= 0.3 is 0 Å². The number of imidazole rings is 1. The van der Waals surface area contributed by atoms with E-state index in [9.17, 15) is 9.59 Å². The molecule has 6 nitrogen and oxygen atoms in total. The fourth-order valence-electron chi connectivity index (χ4n) is 4.54. The standard InChI is InChI=1S/C30H28N4O2/c35-18-8-2-1-3-11-26(29(36)25-14-15-28(31-20-25)34-16-6-7-17-34)30-32-21-27(33-30)24-13-12-22-9-4-5-10-23(22)19-24/h4-7,9-10,12-21,26H,1-3,8,11H2,(H,32,33). The summed E-state index contributed by atoms with van der Waals surface area (Å²) in [5.41, 5.74) is 2.48. The van der Waals surface area contributed by atoms with E-state index in [1.165, 1.54) is 5.39 Å². The number of Topliss-reactive ketones (excluding diaryl/α,β-unsaturated/α-hetero) is 1. The molecule has 0 amide bonds. The monoisotopic (exact) mass is 476 g/mol. The van der Waals surface area contributed by atoms with Crippen molar-refractivity contribution >= 4 is 22.8 Å². The van der Waals surface area contributed by atoms with Crippen LogP contribution in [0.25, 0.3) is 27.8 Å². The summed E-state index contributed by atoms with van der Waals surface area (Å²) in [5, 5.41) is 2.34.